The summed E-state index contributed by atoms with van der Waals surface area (Å²) in [7, 11) is 1.96. The van der Waals surface area contributed by atoms with Crippen molar-refractivity contribution in [3.63, 3.8) is 0 Å². The van der Waals surface area contributed by atoms with E-state index in [1.807, 2.05) is 13.3 Å². The molecule has 116 valence electrons. The Morgan fingerprint density at radius 2 is 1.70 bits per heavy atom. The predicted octanol–water partition coefficient (Wildman–Crippen LogP) is 2.55. The zero-order valence-electron chi connectivity index (χ0n) is 13.6. The lowest BCUT2D eigenvalue weighted by Crippen LogP contribution is -2.29. The van der Waals surface area contributed by atoms with Crippen LogP contribution in [0.25, 0.3) is 0 Å². The Hall–Kier alpha value is -0.840. The third-order valence-corrected chi connectivity index (χ3v) is 3.76. The molecule has 1 N–H and O–H groups in total. The molecule has 1 aromatic heterocycles. The number of furan rings is 1. The number of rotatable bonds is 11. The molecule has 1 heterocycles. The van der Waals surface area contributed by atoms with Gasteiger partial charge >= 0.3 is 0 Å². The molecule has 0 unspecified atom stereocenters. The Morgan fingerprint density at radius 3 is 2.30 bits per heavy atom. The Morgan fingerprint density at radius 1 is 1.05 bits per heavy atom. The van der Waals surface area contributed by atoms with Gasteiger partial charge in [-0.05, 0) is 52.3 Å². The first-order valence-electron chi connectivity index (χ1n) is 7.89. The van der Waals surface area contributed by atoms with Gasteiger partial charge in [-0.3, -0.25) is 4.90 Å². The van der Waals surface area contributed by atoms with Gasteiger partial charge in [-0.2, -0.15) is 0 Å². The fraction of sp³-hybridized carbons (Fsp3) is 0.750. The number of nitrogens with zero attached hydrogens (tertiary/aromatic N) is 2. The minimum Gasteiger partial charge on any atom is -0.468 e. The lowest BCUT2D eigenvalue weighted by Gasteiger charge is -2.22. The standard InChI is InChI=1S/C16H31N3O/c1-5-18(6-2)9-8-10-19(7-3)13-16-11-15(12-17-4)14-20-16/h11,14,17H,5-10,12-13H2,1-4H3. The molecule has 0 atom stereocenters. The fourth-order valence-electron chi connectivity index (χ4n) is 2.43. The summed E-state index contributed by atoms with van der Waals surface area (Å²) >= 11 is 0. The number of hydrogen-bond acceptors (Lipinski definition) is 4. The maximum Gasteiger partial charge on any atom is 0.118 e. The van der Waals surface area contributed by atoms with Crippen LogP contribution in [-0.2, 0) is 13.1 Å². The molecule has 1 aromatic rings. The van der Waals surface area contributed by atoms with E-state index in [1.54, 1.807) is 0 Å². The van der Waals surface area contributed by atoms with Crippen LogP contribution in [0.2, 0.25) is 0 Å². The van der Waals surface area contributed by atoms with Gasteiger partial charge in [0, 0.05) is 12.1 Å². The number of hydrogen-bond donors (Lipinski definition) is 1. The van der Waals surface area contributed by atoms with Crippen molar-refractivity contribution in [2.75, 3.05) is 39.8 Å². The van der Waals surface area contributed by atoms with Gasteiger partial charge in [0.2, 0.25) is 0 Å². The van der Waals surface area contributed by atoms with Crippen molar-refractivity contribution < 1.29 is 4.42 Å². The van der Waals surface area contributed by atoms with E-state index in [0.717, 1.165) is 45.0 Å². The van der Waals surface area contributed by atoms with E-state index in [1.165, 1.54) is 18.5 Å². The molecule has 4 heteroatoms. The molecule has 0 radical (unpaired) electrons. The third-order valence-electron chi connectivity index (χ3n) is 3.76. The van der Waals surface area contributed by atoms with E-state index in [9.17, 15) is 0 Å². The lowest BCUT2D eigenvalue weighted by atomic mass is 10.3. The Labute approximate surface area is 124 Å². The molecular formula is C16H31N3O. The van der Waals surface area contributed by atoms with Crippen LogP contribution in [-0.4, -0.2) is 49.6 Å². The van der Waals surface area contributed by atoms with E-state index < -0.39 is 0 Å². The molecule has 20 heavy (non-hydrogen) atoms. The molecule has 0 aliphatic rings. The van der Waals surface area contributed by atoms with Crippen LogP contribution < -0.4 is 5.32 Å². The van der Waals surface area contributed by atoms with Crippen molar-refractivity contribution >= 4 is 0 Å². The summed E-state index contributed by atoms with van der Waals surface area (Å²) in [4.78, 5) is 4.93. The van der Waals surface area contributed by atoms with Crippen molar-refractivity contribution in [2.24, 2.45) is 0 Å². The third kappa shape index (κ3) is 6.07. The minimum atomic E-state index is 0.873. The summed E-state index contributed by atoms with van der Waals surface area (Å²) in [6.07, 6.45) is 3.08. The van der Waals surface area contributed by atoms with E-state index in [4.69, 9.17) is 4.42 Å². The molecule has 0 bridgehead atoms. The molecule has 0 aliphatic heterocycles. The maximum absolute atomic E-state index is 5.63. The zero-order valence-corrected chi connectivity index (χ0v) is 13.6. The van der Waals surface area contributed by atoms with Crippen LogP contribution in [0, 0.1) is 0 Å². The summed E-state index contributed by atoms with van der Waals surface area (Å²) in [5, 5.41) is 3.15. The molecular weight excluding hydrogens is 250 g/mol. The van der Waals surface area contributed by atoms with Crippen LogP contribution >= 0.6 is 0 Å². The summed E-state index contributed by atoms with van der Waals surface area (Å²) < 4.78 is 5.63. The van der Waals surface area contributed by atoms with Crippen molar-refractivity contribution in [1.29, 1.82) is 0 Å². The van der Waals surface area contributed by atoms with Crippen molar-refractivity contribution in [3.8, 4) is 0 Å². The highest BCUT2D eigenvalue weighted by atomic mass is 16.3. The summed E-state index contributed by atoms with van der Waals surface area (Å²) in [6, 6.07) is 2.16. The molecule has 0 saturated heterocycles. The highest BCUT2D eigenvalue weighted by Crippen LogP contribution is 2.11. The second-order valence-electron chi connectivity index (χ2n) is 5.20. The smallest absolute Gasteiger partial charge is 0.118 e. The molecule has 0 amide bonds. The minimum absolute atomic E-state index is 0.873. The van der Waals surface area contributed by atoms with E-state index in [0.29, 0.717) is 0 Å². The maximum atomic E-state index is 5.63. The van der Waals surface area contributed by atoms with Gasteiger partial charge in [0.05, 0.1) is 12.8 Å². The molecule has 0 aromatic carbocycles. The Balaban J connectivity index is 2.34. The monoisotopic (exact) mass is 281 g/mol. The number of nitrogens with one attached hydrogen (secondary N) is 1. The topological polar surface area (TPSA) is 31.6 Å². The van der Waals surface area contributed by atoms with Crippen LogP contribution in [0.5, 0.6) is 0 Å². The quantitative estimate of drug-likeness (QED) is 0.675. The van der Waals surface area contributed by atoms with Crippen LogP contribution in [0.15, 0.2) is 16.7 Å². The summed E-state index contributed by atoms with van der Waals surface area (Å²) in [5.41, 5.74) is 1.22. The van der Waals surface area contributed by atoms with Crippen LogP contribution in [0.3, 0.4) is 0 Å². The highest BCUT2D eigenvalue weighted by Gasteiger charge is 2.08. The lowest BCUT2D eigenvalue weighted by molar-refractivity contribution is 0.226. The fourth-order valence-corrected chi connectivity index (χ4v) is 2.43. The van der Waals surface area contributed by atoms with E-state index >= 15 is 0 Å². The van der Waals surface area contributed by atoms with Crippen molar-refractivity contribution in [1.82, 2.24) is 15.1 Å². The summed E-state index contributed by atoms with van der Waals surface area (Å²) in [6.45, 7) is 14.1. The SMILES string of the molecule is CCN(CC)CCCN(CC)Cc1cc(CNC)co1. The normalized spacial score (nSPS) is 11.7. The summed E-state index contributed by atoms with van der Waals surface area (Å²) in [5.74, 6) is 1.07. The van der Waals surface area contributed by atoms with Crippen LogP contribution in [0.4, 0.5) is 0 Å². The highest BCUT2D eigenvalue weighted by molar-refractivity contribution is 5.12. The van der Waals surface area contributed by atoms with Crippen molar-refractivity contribution in [2.45, 2.75) is 40.3 Å². The van der Waals surface area contributed by atoms with Gasteiger partial charge in [0.15, 0.2) is 0 Å². The first-order chi connectivity index (χ1) is 9.73. The first kappa shape index (κ1) is 17.2. The van der Waals surface area contributed by atoms with Gasteiger partial charge in [-0.25, -0.2) is 0 Å². The van der Waals surface area contributed by atoms with Gasteiger partial charge in [-0.1, -0.05) is 20.8 Å². The molecule has 1 rings (SSSR count). The second kappa shape index (κ2) is 9.97. The van der Waals surface area contributed by atoms with Crippen molar-refractivity contribution in [3.05, 3.63) is 23.7 Å². The second-order valence-corrected chi connectivity index (χ2v) is 5.20. The first-order valence-corrected chi connectivity index (χ1v) is 7.89. The average Bonchev–Trinajstić information content (AvgIpc) is 2.90. The van der Waals surface area contributed by atoms with Gasteiger partial charge in [-0.15, -0.1) is 0 Å². The molecule has 0 spiro atoms. The van der Waals surface area contributed by atoms with Crippen LogP contribution in [0.1, 0.15) is 38.5 Å². The van der Waals surface area contributed by atoms with Gasteiger partial charge in [0.25, 0.3) is 0 Å². The molecule has 0 fully saturated rings. The van der Waals surface area contributed by atoms with E-state index in [-0.39, 0.29) is 0 Å². The molecule has 4 nitrogen and oxygen atoms in total. The van der Waals surface area contributed by atoms with E-state index in [2.05, 4.69) is 42.0 Å². The largest absolute Gasteiger partial charge is 0.468 e. The Kier molecular flexibility index (Phi) is 8.58. The Bertz CT molecular complexity index is 347. The zero-order chi connectivity index (χ0) is 14.8. The molecule has 0 aliphatic carbocycles. The van der Waals surface area contributed by atoms with Gasteiger partial charge < -0.3 is 14.6 Å². The average molecular weight is 281 g/mol. The predicted molar refractivity (Wildman–Crippen MR) is 84.8 cm³/mol. The molecule has 0 saturated carbocycles. The van der Waals surface area contributed by atoms with Gasteiger partial charge in [0.1, 0.15) is 5.76 Å².